The second-order valence-corrected chi connectivity index (χ2v) is 5.11. The maximum atomic E-state index is 6.15. The van der Waals surface area contributed by atoms with Crippen molar-refractivity contribution in [2.45, 2.75) is 44.1 Å². The molecule has 3 rings (SSSR count). The normalized spacial score (nSPS) is 35.3. The third kappa shape index (κ3) is 2.67. The van der Waals surface area contributed by atoms with Gasteiger partial charge in [-0.2, -0.15) is 0 Å². The number of benzene rings is 1. The number of rotatable bonds is 4. The Morgan fingerprint density at radius 3 is 2.74 bits per heavy atom. The molecule has 104 valence electrons. The molecule has 4 heteroatoms. The first-order valence-electron chi connectivity index (χ1n) is 6.78. The van der Waals surface area contributed by atoms with Gasteiger partial charge in [-0.25, -0.2) is 0 Å². The molecule has 2 aliphatic heterocycles. The fourth-order valence-corrected chi connectivity index (χ4v) is 2.74. The largest absolute Gasteiger partial charge is 0.376 e. The Morgan fingerprint density at radius 2 is 2.00 bits per heavy atom. The van der Waals surface area contributed by atoms with Crippen molar-refractivity contribution in [3.63, 3.8) is 0 Å². The van der Waals surface area contributed by atoms with Gasteiger partial charge in [0.1, 0.15) is 12.2 Å². The summed E-state index contributed by atoms with van der Waals surface area (Å²) in [6, 6.07) is 10.2. The van der Waals surface area contributed by atoms with Crippen molar-refractivity contribution in [1.82, 2.24) is 0 Å². The first-order valence-corrected chi connectivity index (χ1v) is 6.78. The van der Waals surface area contributed by atoms with Crippen molar-refractivity contribution in [3.8, 4) is 0 Å². The average Bonchev–Trinajstić information content (AvgIpc) is 2.88. The van der Waals surface area contributed by atoms with Crippen molar-refractivity contribution in [1.29, 1.82) is 0 Å². The zero-order chi connectivity index (χ0) is 13.2. The smallest absolute Gasteiger partial charge is 0.184 e. The Balaban J connectivity index is 1.66. The maximum absolute atomic E-state index is 6.15. The van der Waals surface area contributed by atoms with Gasteiger partial charge >= 0.3 is 0 Å². The van der Waals surface area contributed by atoms with E-state index < -0.39 is 0 Å². The van der Waals surface area contributed by atoms with Crippen LogP contribution in [-0.2, 0) is 18.9 Å². The lowest BCUT2D eigenvalue weighted by Gasteiger charge is -2.34. The first kappa shape index (κ1) is 13.1. The minimum absolute atomic E-state index is 0.0268. The van der Waals surface area contributed by atoms with Crippen LogP contribution in [0.1, 0.15) is 25.0 Å². The van der Waals surface area contributed by atoms with Crippen LogP contribution in [0.25, 0.3) is 0 Å². The van der Waals surface area contributed by atoms with Crippen molar-refractivity contribution < 1.29 is 18.9 Å². The van der Waals surface area contributed by atoms with Gasteiger partial charge in [0.15, 0.2) is 6.29 Å². The van der Waals surface area contributed by atoms with Crippen LogP contribution in [0.4, 0.5) is 0 Å². The third-order valence-electron chi connectivity index (χ3n) is 3.87. The summed E-state index contributed by atoms with van der Waals surface area (Å²) in [6.07, 6.45) is 0.669. The molecule has 0 spiro atoms. The minimum atomic E-state index is -0.220. The fraction of sp³-hybridized carbons (Fsp3) is 0.600. The molecule has 2 bridgehead atoms. The Bertz CT molecular complexity index is 408. The van der Waals surface area contributed by atoms with Gasteiger partial charge < -0.3 is 18.9 Å². The molecule has 19 heavy (non-hydrogen) atoms. The Hall–Kier alpha value is -0.940. The summed E-state index contributed by atoms with van der Waals surface area (Å²) in [4.78, 5) is 0. The predicted molar refractivity (Wildman–Crippen MR) is 69.8 cm³/mol. The standard InChI is InChI=1S/C15H20O4/c1-10(11-6-4-3-5-7-11)18-12-8-13(16-2)15-17-9-14(12)19-15/h3-7,10,12-15H,8-9H2,1-2H3/t10-,12+,13-,14-,15-/m1/s1. The molecule has 2 heterocycles. The molecular weight excluding hydrogens is 244 g/mol. The summed E-state index contributed by atoms with van der Waals surface area (Å²) in [5.74, 6) is 0. The van der Waals surface area contributed by atoms with Gasteiger partial charge in [-0.05, 0) is 12.5 Å². The summed E-state index contributed by atoms with van der Waals surface area (Å²) >= 11 is 0. The van der Waals surface area contributed by atoms with Gasteiger partial charge in [-0.15, -0.1) is 0 Å². The molecule has 2 aliphatic rings. The molecule has 0 radical (unpaired) electrons. The van der Waals surface area contributed by atoms with Crippen LogP contribution in [-0.4, -0.2) is 38.3 Å². The molecule has 1 aromatic carbocycles. The fourth-order valence-electron chi connectivity index (χ4n) is 2.74. The van der Waals surface area contributed by atoms with E-state index in [1.165, 1.54) is 5.56 Å². The van der Waals surface area contributed by atoms with Crippen LogP contribution in [0, 0.1) is 0 Å². The van der Waals surface area contributed by atoms with Crippen LogP contribution >= 0.6 is 0 Å². The van der Waals surface area contributed by atoms with E-state index >= 15 is 0 Å². The van der Waals surface area contributed by atoms with Gasteiger partial charge in [-0.1, -0.05) is 30.3 Å². The van der Waals surface area contributed by atoms with Crippen molar-refractivity contribution in [2.75, 3.05) is 13.7 Å². The average molecular weight is 264 g/mol. The highest BCUT2D eigenvalue weighted by Crippen LogP contribution is 2.33. The molecule has 1 aromatic rings. The van der Waals surface area contributed by atoms with Gasteiger partial charge in [0, 0.05) is 13.5 Å². The van der Waals surface area contributed by atoms with Crippen LogP contribution in [0.2, 0.25) is 0 Å². The number of hydrogen-bond acceptors (Lipinski definition) is 4. The second kappa shape index (κ2) is 5.59. The quantitative estimate of drug-likeness (QED) is 0.836. The van der Waals surface area contributed by atoms with Gasteiger partial charge in [0.25, 0.3) is 0 Å². The number of ether oxygens (including phenoxy) is 4. The minimum Gasteiger partial charge on any atom is -0.376 e. The number of hydrogen-bond donors (Lipinski definition) is 0. The van der Waals surface area contributed by atoms with Crippen molar-refractivity contribution in [3.05, 3.63) is 35.9 Å². The molecule has 5 atom stereocenters. The first-order chi connectivity index (χ1) is 9.28. The van der Waals surface area contributed by atoms with E-state index in [-0.39, 0.29) is 30.7 Å². The van der Waals surface area contributed by atoms with Gasteiger partial charge in [0.2, 0.25) is 0 Å². The van der Waals surface area contributed by atoms with Crippen LogP contribution in [0.3, 0.4) is 0 Å². The Kier molecular flexibility index (Phi) is 3.84. The lowest BCUT2D eigenvalue weighted by atomic mass is 10.0. The maximum Gasteiger partial charge on any atom is 0.184 e. The highest BCUT2D eigenvalue weighted by Gasteiger charge is 2.45. The highest BCUT2D eigenvalue weighted by atomic mass is 16.7. The zero-order valence-corrected chi connectivity index (χ0v) is 11.3. The molecule has 2 fully saturated rings. The van der Waals surface area contributed by atoms with Crippen LogP contribution in [0.5, 0.6) is 0 Å². The van der Waals surface area contributed by atoms with E-state index in [1.807, 2.05) is 18.2 Å². The second-order valence-electron chi connectivity index (χ2n) is 5.11. The van der Waals surface area contributed by atoms with Crippen molar-refractivity contribution in [2.24, 2.45) is 0 Å². The SMILES string of the molecule is CO[C@@H]1C[C@H](O[C@H](C)c2ccccc2)[C@H]2CO[C@@H]1O2. The van der Waals surface area contributed by atoms with Crippen LogP contribution < -0.4 is 0 Å². The molecule has 2 saturated heterocycles. The van der Waals surface area contributed by atoms with E-state index in [4.69, 9.17) is 18.9 Å². The summed E-state index contributed by atoms with van der Waals surface area (Å²) < 4.78 is 22.9. The summed E-state index contributed by atoms with van der Waals surface area (Å²) in [5, 5.41) is 0. The van der Waals surface area contributed by atoms with Gasteiger partial charge in [0.05, 0.1) is 18.8 Å². The van der Waals surface area contributed by atoms with Gasteiger partial charge in [-0.3, -0.25) is 0 Å². The third-order valence-corrected chi connectivity index (χ3v) is 3.87. The molecular formula is C15H20O4. The van der Waals surface area contributed by atoms with E-state index in [9.17, 15) is 0 Å². The highest BCUT2D eigenvalue weighted by molar-refractivity contribution is 5.17. The lowest BCUT2D eigenvalue weighted by Crippen LogP contribution is -2.44. The Labute approximate surface area is 113 Å². The number of methoxy groups -OCH3 is 1. The molecule has 0 saturated carbocycles. The molecule has 0 amide bonds. The molecule has 0 aromatic heterocycles. The summed E-state index contributed by atoms with van der Waals surface area (Å²) in [7, 11) is 1.69. The van der Waals surface area contributed by atoms with E-state index in [1.54, 1.807) is 7.11 Å². The Morgan fingerprint density at radius 1 is 1.21 bits per heavy atom. The van der Waals surface area contributed by atoms with Crippen LogP contribution in [0.15, 0.2) is 30.3 Å². The lowest BCUT2D eigenvalue weighted by molar-refractivity contribution is -0.206. The monoisotopic (exact) mass is 264 g/mol. The molecule has 0 N–H and O–H groups in total. The molecule has 0 unspecified atom stereocenters. The number of fused-ring (bicyclic) bond motifs is 2. The summed E-state index contributed by atoms with van der Waals surface area (Å²) in [6.45, 7) is 2.66. The van der Waals surface area contributed by atoms with E-state index in [0.717, 1.165) is 6.42 Å². The van der Waals surface area contributed by atoms with Crippen molar-refractivity contribution >= 4 is 0 Å². The molecule has 0 aliphatic carbocycles. The van der Waals surface area contributed by atoms with E-state index in [2.05, 4.69) is 19.1 Å². The van der Waals surface area contributed by atoms with E-state index in [0.29, 0.717) is 6.61 Å². The summed E-state index contributed by atoms with van der Waals surface area (Å²) in [5.41, 5.74) is 1.18. The zero-order valence-electron chi connectivity index (χ0n) is 11.3. The topological polar surface area (TPSA) is 36.9 Å². The predicted octanol–water partition coefficient (Wildman–Crippen LogP) is 2.29. The molecule has 4 nitrogen and oxygen atoms in total.